The first-order chi connectivity index (χ1) is 16.4. The predicted octanol–water partition coefficient (Wildman–Crippen LogP) is 5.52. The van der Waals surface area contributed by atoms with Gasteiger partial charge in [-0.15, -0.1) is 0 Å². The zero-order valence-electron chi connectivity index (χ0n) is 17.9. The van der Waals surface area contributed by atoms with E-state index in [9.17, 15) is 9.59 Å². The summed E-state index contributed by atoms with van der Waals surface area (Å²) >= 11 is 7.22. The maximum Gasteiger partial charge on any atom is 0.335 e. The molecule has 0 unspecified atom stereocenters. The van der Waals surface area contributed by atoms with Gasteiger partial charge in [0.25, 0.3) is 5.91 Å². The van der Waals surface area contributed by atoms with Crippen molar-refractivity contribution < 1.29 is 24.2 Å². The third-order valence-electron chi connectivity index (χ3n) is 4.74. The number of halogens is 1. The number of hydrogen-bond acceptors (Lipinski definition) is 6. The number of rotatable bonds is 7. The summed E-state index contributed by atoms with van der Waals surface area (Å²) in [6.07, 6.45) is 1.74. The lowest BCUT2D eigenvalue weighted by molar-refractivity contribution is -0.115. The maximum atomic E-state index is 12.4. The number of carboxylic acid groups (broad SMARTS) is 1. The van der Waals surface area contributed by atoms with Gasteiger partial charge < -0.3 is 19.9 Å². The molecule has 1 fully saturated rings. The van der Waals surface area contributed by atoms with Crippen LogP contribution in [0.3, 0.4) is 0 Å². The van der Waals surface area contributed by atoms with Crippen molar-refractivity contribution >= 4 is 52.2 Å². The SMILES string of the molecule is COc1cc(/C=C2/SC(=Nc3cccc(Cl)c3)NC2=O)ccc1OCc1cccc(C(=O)O)c1. The maximum absolute atomic E-state index is 12.4. The Kier molecular flexibility index (Phi) is 7.20. The van der Waals surface area contributed by atoms with Gasteiger partial charge >= 0.3 is 5.97 Å². The highest BCUT2D eigenvalue weighted by Crippen LogP contribution is 2.33. The van der Waals surface area contributed by atoms with E-state index in [2.05, 4.69) is 10.3 Å². The largest absolute Gasteiger partial charge is 0.493 e. The third-order valence-corrected chi connectivity index (χ3v) is 5.89. The number of ether oxygens (including phenoxy) is 2. The van der Waals surface area contributed by atoms with Gasteiger partial charge in [0.15, 0.2) is 16.7 Å². The number of nitrogens with one attached hydrogen (secondary N) is 1. The van der Waals surface area contributed by atoms with Gasteiger partial charge in [-0.25, -0.2) is 9.79 Å². The fraction of sp³-hybridized carbons (Fsp3) is 0.0800. The fourth-order valence-electron chi connectivity index (χ4n) is 3.14. The molecule has 1 aliphatic rings. The second kappa shape index (κ2) is 10.5. The van der Waals surface area contributed by atoms with E-state index in [0.29, 0.717) is 32.3 Å². The summed E-state index contributed by atoms with van der Waals surface area (Å²) in [6.45, 7) is 0.180. The summed E-state index contributed by atoms with van der Waals surface area (Å²) in [7, 11) is 1.52. The molecule has 3 aromatic carbocycles. The normalized spacial score (nSPS) is 15.4. The molecule has 0 atom stereocenters. The monoisotopic (exact) mass is 494 g/mol. The van der Waals surface area contributed by atoms with E-state index in [-0.39, 0.29) is 18.1 Å². The van der Waals surface area contributed by atoms with Crippen LogP contribution in [0.15, 0.2) is 76.6 Å². The Morgan fingerprint density at radius 1 is 1.12 bits per heavy atom. The molecule has 34 heavy (non-hydrogen) atoms. The molecule has 0 aliphatic carbocycles. The molecule has 4 rings (SSSR count). The number of carbonyl (C=O) groups excluding carboxylic acids is 1. The van der Waals surface area contributed by atoms with Crippen molar-refractivity contribution in [2.45, 2.75) is 6.61 Å². The van der Waals surface area contributed by atoms with Gasteiger partial charge in [0.2, 0.25) is 0 Å². The Morgan fingerprint density at radius 3 is 2.71 bits per heavy atom. The Balaban J connectivity index is 1.48. The first-order valence-corrected chi connectivity index (χ1v) is 11.3. The number of aliphatic imine (C=N–C) groups is 1. The van der Waals surface area contributed by atoms with Crippen LogP contribution >= 0.6 is 23.4 Å². The van der Waals surface area contributed by atoms with Crippen LogP contribution in [0.5, 0.6) is 11.5 Å². The van der Waals surface area contributed by atoms with Crippen molar-refractivity contribution in [3.05, 3.63) is 93.3 Å². The lowest BCUT2D eigenvalue weighted by atomic mass is 10.1. The summed E-state index contributed by atoms with van der Waals surface area (Å²) in [4.78, 5) is 28.5. The average Bonchev–Trinajstić information content (AvgIpc) is 3.16. The Bertz CT molecular complexity index is 1320. The quantitative estimate of drug-likeness (QED) is 0.420. The number of aromatic carboxylic acids is 1. The van der Waals surface area contributed by atoms with Gasteiger partial charge in [0.1, 0.15) is 6.61 Å². The summed E-state index contributed by atoms with van der Waals surface area (Å²) in [5.41, 5.74) is 2.31. The van der Waals surface area contributed by atoms with Gasteiger partial charge in [0.05, 0.1) is 23.3 Å². The van der Waals surface area contributed by atoms with Gasteiger partial charge in [-0.3, -0.25) is 4.79 Å². The highest BCUT2D eigenvalue weighted by atomic mass is 35.5. The topological polar surface area (TPSA) is 97.2 Å². The minimum Gasteiger partial charge on any atom is -0.493 e. The summed E-state index contributed by atoms with van der Waals surface area (Å²) in [5.74, 6) is -0.258. The lowest BCUT2D eigenvalue weighted by Crippen LogP contribution is -2.19. The number of carbonyl (C=O) groups is 2. The summed E-state index contributed by atoms with van der Waals surface area (Å²) in [5, 5.41) is 12.9. The molecule has 7 nitrogen and oxygen atoms in total. The number of thioether (sulfide) groups is 1. The van der Waals surface area contributed by atoms with Gasteiger partial charge in [-0.05, 0) is 71.4 Å². The molecule has 0 saturated carbocycles. The summed E-state index contributed by atoms with van der Waals surface area (Å²) < 4.78 is 11.3. The van der Waals surface area contributed by atoms with Crippen LogP contribution in [0.4, 0.5) is 5.69 Å². The van der Waals surface area contributed by atoms with E-state index in [0.717, 1.165) is 11.1 Å². The Hall–Kier alpha value is -3.75. The second-order valence-electron chi connectivity index (χ2n) is 7.17. The number of methoxy groups -OCH3 is 1. The fourth-order valence-corrected chi connectivity index (χ4v) is 4.17. The Morgan fingerprint density at radius 2 is 1.94 bits per heavy atom. The van der Waals surface area contributed by atoms with Gasteiger partial charge in [-0.2, -0.15) is 0 Å². The number of hydrogen-bond donors (Lipinski definition) is 2. The number of amides is 1. The van der Waals surface area contributed by atoms with E-state index in [1.54, 1.807) is 66.7 Å². The molecular weight excluding hydrogens is 476 g/mol. The van der Waals surface area contributed by atoms with Crippen LogP contribution in [0.1, 0.15) is 21.5 Å². The number of carboxylic acids is 1. The van der Waals surface area contributed by atoms with Gasteiger partial charge in [0, 0.05) is 5.02 Å². The van der Waals surface area contributed by atoms with Crippen LogP contribution in [-0.4, -0.2) is 29.3 Å². The third kappa shape index (κ3) is 5.78. The van der Waals surface area contributed by atoms with Crippen LogP contribution in [0.2, 0.25) is 5.02 Å². The number of amidine groups is 1. The van der Waals surface area contributed by atoms with E-state index in [4.69, 9.17) is 26.2 Å². The minimum atomic E-state index is -0.994. The molecule has 0 radical (unpaired) electrons. The van der Waals surface area contributed by atoms with E-state index in [1.165, 1.54) is 24.9 Å². The zero-order valence-corrected chi connectivity index (χ0v) is 19.5. The van der Waals surface area contributed by atoms with Crippen molar-refractivity contribution in [2.24, 2.45) is 4.99 Å². The molecule has 3 aromatic rings. The zero-order chi connectivity index (χ0) is 24.1. The lowest BCUT2D eigenvalue weighted by Gasteiger charge is -2.12. The van der Waals surface area contributed by atoms with Crippen molar-refractivity contribution in [1.82, 2.24) is 5.32 Å². The first kappa shape index (κ1) is 23.4. The Labute approximate surface area is 205 Å². The van der Waals surface area contributed by atoms with E-state index >= 15 is 0 Å². The number of nitrogens with zero attached hydrogens (tertiary/aromatic N) is 1. The first-order valence-electron chi connectivity index (χ1n) is 10.1. The smallest absolute Gasteiger partial charge is 0.335 e. The molecule has 1 aliphatic heterocycles. The molecular formula is C25H19ClN2O5S. The molecule has 172 valence electrons. The molecule has 9 heteroatoms. The highest BCUT2D eigenvalue weighted by Gasteiger charge is 2.24. The van der Waals surface area contributed by atoms with E-state index < -0.39 is 5.97 Å². The van der Waals surface area contributed by atoms with Crippen LogP contribution in [-0.2, 0) is 11.4 Å². The van der Waals surface area contributed by atoms with E-state index in [1.807, 2.05) is 0 Å². The van der Waals surface area contributed by atoms with Crippen molar-refractivity contribution in [3.8, 4) is 11.5 Å². The van der Waals surface area contributed by atoms with Crippen LogP contribution in [0, 0.1) is 0 Å². The van der Waals surface area contributed by atoms with Gasteiger partial charge in [-0.1, -0.05) is 35.9 Å². The second-order valence-corrected chi connectivity index (χ2v) is 8.63. The molecule has 0 aromatic heterocycles. The highest BCUT2D eigenvalue weighted by molar-refractivity contribution is 8.18. The van der Waals surface area contributed by atoms with Crippen LogP contribution in [0.25, 0.3) is 6.08 Å². The molecule has 1 amide bonds. The summed E-state index contributed by atoms with van der Waals surface area (Å²) in [6, 6.07) is 18.9. The van der Waals surface area contributed by atoms with Crippen molar-refractivity contribution in [3.63, 3.8) is 0 Å². The van der Waals surface area contributed by atoms with Crippen molar-refractivity contribution in [1.29, 1.82) is 0 Å². The molecule has 1 saturated heterocycles. The standard InChI is InChI=1S/C25H19ClN2O5S/c1-32-21-11-15(8-9-20(21)33-14-16-4-2-5-17(10-16)24(30)31)12-22-23(29)28-25(34-22)27-19-7-3-6-18(26)13-19/h2-13H,14H2,1H3,(H,30,31)(H,27,28,29)/b22-12+. The molecule has 0 spiro atoms. The number of benzene rings is 3. The van der Waals surface area contributed by atoms with Crippen LogP contribution < -0.4 is 14.8 Å². The predicted molar refractivity (Wildman–Crippen MR) is 133 cm³/mol. The molecule has 0 bridgehead atoms. The minimum absolute atomic E-state index is 0.180. The van der Waals surface area contributed by atoms with Crippen molar-refractivity contribution in [2.75, 3.05) is 7.11 Å². The molecule has 1 heterocycles. The molecule has 2 N–H and O–H groups in total. The average molecular weight is 495 g/mol.